The number of H-pyrrole nitrogens is 1. The number of nitrogens with one attached hydrogen (secondary N) is 2. The number of hydrogen-bond acceptors (Lipinski definition) is 4. The van der Waals surface area contributed by atoms with Gasteiger partial charge in [0.1, 0.15) is 11.6 Å². The molecular weight excluding hydrogens is 292 g/mol. The van der Waals surface area contributed by atoms with E-state index in [1.54, 1.807) is 6.20 Å². The minimum absolute atomic E-state index is 0.0974. The number of pyridine rings is 1. The number of aromatic nitrogens is 2. The largest absolute Gasteiger partial charge is 0.444 e. The summed E-state index contributed by atoms with van der Waals surface area (Å²) in [5.74, 6) is 0. The van der Waals surface area contributed by atoms with E-state index in [0.717, 1.165) is 36.1 Å². The van der Waals surface area contributed by atoms with Gasteiger partial charge in [-0.05, 0) is 45.7 Å². The fraction of sp³-hybridized carbons (Fsp3) is 0.529. The molecule has 1 unspecified atom stereocenters. The van der Waals surface area contributed by atoms with E-state index in [9.17, 15) is 4.79 Å². The number of hydrogen-bond donors (Lipinski definition) is 2. The van der Waals surface area contributed by atoms with Gasteiger partial charge in [0, 0.05) is 24.5 Å². The topological polar surface area (TPSA) is 70.2 Å². The number of alkyl carbamates (subject to hydrolysis) is 1. The van der Waals surface area contributed by atoms with E-state index in [2.05, 4.69) is 20.2 Å². The molecule has 3 rings (SSSR count). The third kappa shape index (κ3) is 3.75. The zero-order valence-electron chi connectivity index (χ0n) is 13.9. The van der Waals surface area contributed by atoms with E-state index in [0.29, 0.717) is 6.54 Å². The molecule has 2 aromatic rings. The monoisotopic (exact) mass is 316 g/mol. The summed E-state index contributed by atoms with van der Waals surface area (Å²) >= 11 is 0. The fourth-order valence-electron chi connectivity index (χ4n) is 2.92. The fourth-order valence-corrected chi connectivity index (χ4v) is 2.92. The van der Waals surface area contributed by atoms with Crippen LogP contribution in [0.1, 0.15) is 33.6 Å². The number of carbonyl (C=O) groups is 1. The highest BCUT2D eigenvalue weighted by Gasteiger charge is 2.26. The van der Waals surface area contributed by atoms with Gasteiger partial charge < -0.3 is 19.9 Å². The van der Waals surface area contributed by atoms with Crippen molar-refractivity contribution in [2.24, 2.45) is 0 Å². The van der Waals surface area contributed by atoms with Gasteiger partial charge in [-0.2, -0.15) is 0 Å². The molecule has 2 aromatic heterocycles. The van der Waals surface area contributed by atoms with Crippen LogP contribution in [0.3, 0.4) is 0 Å². The second-order valence-corrected chi connectivity index (χ2v) is 7.06. The van der Waals surface area contributed by atoms with Crippen LogP contribution in [0.5, 0.6) is 0 Å². The van der Waals surface area contributed by atoms with Crippen LogP contribution < -0.4 is 10.2 Å². The predicted molar refractivity (Wildman–Crippen MR) is 90.7 cm³/mol. The Hall–Kier alpha value is -2.24. The van der Waals surface area contributed by atoms with Gasteiger partial charge in [-0.25, -0.2) is 4.79 Å². The van der Waals surface area contributed by atoms with Crippen molar-refractivity contribution in [3.8, 4) is 0 Å². The standard InChI is InChI=1S/C17H24N4O2/c1-17(2,3)20-16(22)23-12-6-5-9-21(11-12)14-10-19-13-7-4-8-18-15(13)14/h4,7-8,10,12,19H,5-6,9,11H2,1-3H3,(H,20,22). The lowest BCUT2D eigenvalue weighted by Gasteiger charge is -2.34. The predicted octanol–water partition coefficient (Wildman–Crippen LogP) is 3.06. The van der Waals surface area contributed by atoms with Crippen molar-refractivity contribution >= 4 is 22.8 Å². The zero-order valence-corrected chi connectivity index (χ0v) is 13.9. The summed E-state index contributed by atoms with van der Waals surface area (Å²) in [6, 6.07) is 3.93. The van der Waals surface area contributed by atoms with E-state index < -0.39 is 0 Å². The van der Waals surface area contributed by atoms with Crippen LogP contribution >= 0.6 is 0 Å². The number of nitrogens with zero attached hydrogens (tertiary/aromatic N) is 2. The summed E-state index contributed by atoms with van der Waals surface area (Å²) in [6.07, 6.45) is 5.22. The first kappa shape index (κ1) is 15.6. The van der Waals surface area contributed by atoms with Gasteiger partial charge in [-0.15, -0.1) is 0 Å². The molecule has 0 aliphatic carbocycles. The molecule has 1 amide bonds. The molecule has 1 atom stereocenters. The summed E-state index contributed by atoms with van der Waals surface area (Å²) < 4.78 is 5.59. The lowest BCUT2D eigenvalue weighted by Crippen LogP contribution is -2.46. The highest BCUT2D eigenvalue weighted by Crippen LogP contribution is 2.27. The van der Waals surface area contributed by atoms with Gasteiger partial charge in [0.15, 0.2) is 0 Å². The molecule has 3 heterocycles. The molecule has 1 fully saturated rings. The lowest BCUT2D eigenvalue weighted by molar-refractivity contribution is 0.0827. The van der Waals surface area contributed by atoms with Crippen LogP contribution in [0.2, 0.25) is 0 Å². The zero-order chi connectivity index (χ0) is 16.4. The van der Waals surface area contributed by atoms with Crippen molar-refractivity contribution < 1.29 is 9.53 Å². The Morgan fingerprint density at radius 1 is 1.48 bits per heavy atom. The van der Waals surface area contributed by atoms with Gasteiger partial charge in [0.25, 0.3) is 0 Å². The minimum Gasteiger partial charge on any atom is -0.444 e. The molecule has 1 aliphatic rings. The summed E-state index contributed by atoms with van der Waals surface area (Å²) in [5, 5.41) is 2.85. The van der Waals surface area contributed by atoms with Gasteiger partial charge in [-0.1, -0.05) is 0 Å². The van der Waals surface area contributed by atoms with E-state index in [-0.39, 0.29) is 17.7 Å². The van der Waals surface area contributed by atoms with Gasteiger partial charge in [0.05, 0.1) is 17.7 Å². The molecule has 1 aliphatic heterocycles. The molecule has 2 N–H and O–H groups in total. The number of carbonyl (C=O) groups excluding carboxylic acids is 1. The Balaban J connectivity index is 1.68. The van der Waals surface area contributed by atoms with E-state index in [1.807, 2.05) is 39.1 Å². The van der Waals surface area contributed by atoms with Crippen molar-refractivity contribution in [1.29, 1.82) is 0 Å². The average molecular weight is 316 g/mol. The quantitative estimate of drug-likeness (QED) is 0.893. The van der Waals surface area contributed by atoms with E-state index >= 15 is 0 Å². The van der Waals surface area contributed by atoms with Gasteiger partial charge in [0.2, 0.25) is 0 Å². The van der Waals surface area contributed by atoms with Crippen LogP contribution in [-0.4, -0.2) is 40.8 Å². The third-order valence-electron chi connectivity index (χ3n) is 3.88. The van der Waals surface area contributed by atoms with Crippen LogP contribution in [0, 0.1) is 0 Å². The number of rotatable bonds is 2. The molecule has 0 spiro atoms. The van der Waals surface area contributed by atoms with Crippen molar-refractivity contribution in [1.82, 2.24) is 15.3 Å². The highest BCUT2D eigenvalue weighted by molar-refractivity contribution is 5.89. The van der Waals surface area contributed by atoms with Crippen LogP contribution in [-0.2, 0) is 4.74 Å². The maximum absolute atomic E-state index is 12.0. The van der Waals surface area contributed by atoms with Crippen LogP contribution in [0.4, 0.5) is 10.5 Å². The Labute approximate surface area is 136 Å². The molecule has 0 radical (unpaired) electrons. The number of piperidine rings is 1. The summed E-state index contributed by atoms with van der Waals surface area (Å²) in [4.78, 5) is 21.9. The molecule has 23 heavy (non-hydrogen) atoms. The first-order valence-corrected chi connectivity index (χ1v) is 8.08. The van der Waals surface area contributed by atoms with Crippen molar-refractivity contribution in [3.63, 3.8) is 0 Å². The number of anilines is 1. The molecule has 0 bridgehead atoms. The molecule has 1 saturated heterocycles. The lowest BCUT2D eigenvalue weighted by atomic mass is 10.1. The Morgan fingerprint density at radius 2 is 2.30 bits per heavy atom. The SMILES string of the molecule is CC(C)(C)NC(=O)OC1CCCN(c2c[nH]c3cccnc23)C1. The second kappa shape index (κ2) is 6.10. The summed E-state index contributed by atoms with van der Waals surface area (Å²) in [6.45, 7) is 7.47. The molecular formula is C17H24N4O2. The van der Waals surface area contributed by atoms with Crippen molar-refractivity contribution in [2.45, 2.75) is 45.3 Å². The highest BCUT2D eigenvalue weighted by atomic mass is 16.6. The molecule has 6 nitrogen and oxygen atoms in total. The Morgan fingerprint density at radius 3 is 3.09 bits per heavy atom. The molecule has 0 aromatic carbocycles. The van der Waals surface area contributed by atoms with E-state index in [1.165, 1.54) is 0 Å². The van der Waals surface area contributed by atoms with E-state index in [4.69, 9.17) is 4.74 Å². The second-order valence-electron chi connectivity index (χ2n) is 7.06. The smallest absolute Gasteiger partial charge is 0.407 e. The summed E-state index contributed by atoms with van der Waals surface area (Å²) in [5.41, 5.74) is 2.78. The molecule has 6 heteroatoms. The maximum Gasteiger partial charge on any atom is 0.407 e. The maximum atomic E-state index is 12.0. The Bertz CT molecular complexity index is 689. The van der Waals surface area contributed by atoms with Crippen LogP contribution in [0.25, 0.3) is 11.0 Å². The van der Waals surface area contributed by atoms with Crippen molar-refractivity contribution in [3.05, 3.63) is 24.5 Å². The molecule has 0 saturated carbocycles. The van der Waals surface area contributed by atoms with Crippen molar-refractivity contribution in [2.75, 3.05) is 18.0 Å². The Kier molecular flexibility index (Phi) is 4.15. The van der Waals surface area contributed by atoms with Gasteiger partial charge >= 0.3 is 6.09 Å². The normalized spacial score (nSPS) is 18.9. The first-order chi connectivity index (χ1) is 10.9. The third-order valence-corrected chi connectivity index (χ3v) is 3.88. The van der Waals surface area contributed by atoms with Gasteiger partial charge in [-0.3, -0.25) is 4.98 Å². The minimum atomic E-state index is -0.346. The molecule has 124 valence electrons. The number of aromatic amines is 1. The number of ether oxygens (including phenoxy) is 1. The number of amides is 1. The summed E-state index contributed by atoms with van der Waals surface area (Å²) in [7, 11) is 0. The average Bonchev–Trinajstić information content (AvgIpc) is 2.89. The number of fused-ring (bicyclic) bond motifs is 1. The van der Waals surface area contributed by atoms with Crippen LogP contribution in [0.15, 0.2) is 24.5 Å². The first-order valence-electron chi connectivity index (χ1n) is 8.08.